The van der Waals surface area contributed by atoms with Crippen molar-refractivity contribution < 1.29 is 5.11 Å². The molecule has 12 heavy (non-hydrogen) atoms. The Bertz CT molecular complexity index is 244. The number of aliphatic hydroxyl groups excluding tert-OH is 1. The lowest BCUT2D eigenvalue weighted by atomic mass is 10.2. The van der Waals surface area contributed by atoms with E-state index in [1.165, 1.54) is 0 Å². The van der Waals surface area contributed by atoms with Crippen LogP contribution in [0.15, 0.2) is 6.20 Å². The number of aromatic nitrogens is 3. The van der Waals surface area contributed by atoms with Gasteiger partial charge in [0.1, 0.15) is 0 Å². The molecule has 0 aliphatic carbocycles. The molecule has 1 aromatic heterocycles. The molecule has 0 aliphatic rings. The summed E-state index contributed by atoms with van der Waals surface area (Å²) in [6, 6.07) is 0.303. The van der Waals surface area contributed by atoms with E-state index in [0.29, 0.717) is 6.04 Å². The monoisotopic (exact) mass is 169 g/mol. The Labute approximate surface area is 72.2 Å². The first-order chi connectivity index (χ1) is 5.66. The van der Waals surface area contributed by atoms with Crippen molar-refractivity contribution in [2.45, 2.75) is 39.3 Å². The molecule has 0 amide bonds. The molecule has 1 unspecified atom stereocenters. The molecule has 0 aromatic carbocycles. The van der Waals surface area contributed by atoms with Crippen molar-refractivity contribution in [3.05, 3.63) is 11.9 Å². The molecule has 1 rings (SSSR count). The molecule has 1 heterocycles. The summed E-state index contributed by atoms with van der Waals surface area (Å²) in [5.74, 6) is 0. The quantitative estimate of drug-likeness (QED) is 0.742. The Morgan fingerprint density at radius 1 is 1.58 bits per heavy atom. The Morgan fingerprint density at radius 2 is 2.25 bits per heavy atom. The van der Waals surface area contributed by atoms with Gasteiger partial charge in [0.25, 0.3) is 0 Å². The third kappa shape index (κ3) is 1.64. The van der Waals surface area contributed by atoms with E-state index in [2.05, 4.69) is 24.2 Å². The van der Waals surface area contributed by atoms with Gasteiger partial charge < -0.3 is 5.11 Å². The van der Waals surface area contributed by atoms with E-state index >= 15 is 0 Å². The molecular formula is C8H15N3O. The molecule has 4 nitrogen and oxygen atoms in total. The fourth-order valence-electron chi connectivity index (χ4n) is 1.07. The van der Waals surface area contributed by atoms with Gasteiger partial charge in [0, 0.05) is 0 Å². The summed E-state index contributed by atoms with van der Waals surface area (Å²) in [5.41, 5.74) is 0.782. The number of hydrogen-bond acceptors (Lipinski definition) is 3. The van der Waals surface area contributed by atoms with Gasteiger partial charge in [-0.25, -0.2) is 4.68 Å². The van der Waals surface area contributed by atoms with Crippen molar-refractivity contribution in [2.75, 3.05) is 0 Å². The molecule has 1 aromatic rings. The second-order valence-electron chi connectivity index (χ2n) is 3.04. The average molecular weight is 169 g/mol. The summed E-state index contributed by atoms with van der Waals surface area (Å²) in [4.78, 5) is 0. The Morgan fingerprint density at radius 3 is 2.75 bits per heavy atom. The highest BCUT2D eigenvalue weighted by Crippen LogP contribution is 2.16. The van der Waals surface area contributed by atoms with Gasteiger partial charge in [0.15, 0.2) is 0 Å². The van der Waals surface area contributed by atoms with Gasteiger partial charge in [-0.1, -0.05) is 12.1 Å². The Balaban J connectivity index is 2.91. The maximum Gasteiger partial charge on any atom is 0.0945 e. The van der Waals surface area contributed by atoms with Crippen LogP contribution in [0.5, 0.6) is 0 Å². The Hall–Kier alpha value is -0.900. The zero-order valence-corrected chi connectivity index (χ0v) is 7.73. The van der Waals surface area contributed by atoms with Gasteiger partial charge in [-0.15, -0.1) is 5.10 Å². The molecule has 0 saturated heterocycles. The Kier molecular flexibility index (Phi) is 2.81. The first kappa shape index (κ1) is 9.19. The highest BCUT2D eigenvalue weighted by atomic mass is 16.3. The van der Waals surface area contributed by atoms with Crippen molar-refractivity contribution in [1.82, 2.24) is 15.0 Å². The van der Waals surface area contributed by atoms with Crippen LogP contribution in [-0.4, -0.2) is 20.1 Å². The van der Waals surface area contributed by atoms with Crippen molar-refractivity contribution in [1.29, 1.82) is 0 Å². The van der Waals surface area contributed by atoms with Crippen molar-refractivity contribution >= 4 is 0 Å². The highest BCUT2D eigenvalue weighted by Gasteiger charge is 2.12. The summed E-state index contributed by atoms with van der Waals surface area (Å²) in [6.45, 7) is 5.86. The second kappa shape index (κ2) is 3.67. The minimum Gasteiger partial charge on any atom is -0.387 e. The topological polar surface area (TPSA) is 50.9 Å². The van der Waals surface area contributed by atoms with Crippen LogP contribution in [-0.2, 0) is 0 Å². The van der Waals surface area contributed by atoms with Gasteiger partial charge in [-0.2, -0.15) is 0 Å². The van der Waals surface area contributed by atoms with Crippen molar-refractivity contribution in [2.24, 2.45) is 0 Å². The lowest BCUT2D eigenvalue weighted by Crippen LogP contribution is -2.11. The molecule has 2 atom stereocenters. The lowest BCUT2D eigenvalue weighted by Gasteiger charge is -2.13. The van der Waals surface area contributed by atoms with Crippen LogP contribution in [0.2, 0.25) is 0 Å². The van der Waals surface area contributed by atoms with E-state index in [1.54, 1.807) is 17.8 Å². The van der Waals surface area contributed by atoms with Crippen LogP contribution < -0.4 is 0 Å². The number of hydrogen-bond donors (Lipinski definition) is 1. The van der Waals surface area contributed by atoms with Crippen molar-refractivity contribution in [3.8, 4) is 0 Å². The molecule has 0 fully saturated rings. The van der Waals surface area contributed by atoms with Gasteiger partial charge in [-0.3, -0.25) is 0 Å². The predicted molar refractivity (Wildman–Crippen MR) is 45.7 cm³/mol. The molecule has 0 radical (unpaired) electrons. The molecule has 1 N–H and O–H groups in total. The summed E-state index contributed by atoms with van der Waals surface area (Å²) in [6.07, 6.45) is 2.11. The molecule has 0 saturated carbocycles. The van der Waals surface area contributed by atoms with Gasteiger partial charge in [0.05, 0.1) is 24.0 Å². The maximum atomic E-state index is 9.34. The normalized spacial score (nSPS) is 16.0. The van der Waals surface area contributed by atoms with E-state index in [0.717, 1.165) is 12.1 Å². The molecule has 0 bridgehead atoms. The molecular weight excluding hydrogens is 154 g/mol. The zero-order chi connectivity index (χ0) is 9.14. The number of rotatable bonds is 3. The molecule has 0 aliphatic heterocycles. The standard InChI is InChI=1S/C8H15N3O/c1-4-6(2)11-8(7(3)12)5-9-10-11/h5-7,12H,4H2,1-3H3/t6?,7-/m1/s1. The SMILES string of the molecule is CCC(C)n1nncc1[C@@H](C)O. The largest absolute Gasteiger partial charge is 0.387 e. The van der Waals surface area contributed by atoms with E-state index in [-0.39, 0.29) is 0 Å². The van der Waals surface area contributed by atoms with Crippen LogP contribution in [0, 0.1) is 0 Å². The predicted octanol–water partition coefficient (Wildman–Crippen LogP) is 1.30. The summed E-state index contributed by atoms with van der Waals surface area (Å²) in [5, 5.41) is 17.0. The van der Waals surface area contributed by atoms with E-state index in [9.17, 15) is 5.11 Å². The van der Waals surface area contributed by atoms with E-state index in [4.69, 9.17) is 0 Å². The summed E-state index contributed by atoms with van der Waals surface area (Å²) >= 11 is 0. The van der Waals surface area contributed by atoms with Gasteiger partial charge in [0.2, 0.25) is 0 Å². The lowest BCUT2D eigenvalue weighted by molar-refractivity contribution is 0.183. The summed E-state index contributed by atoms with van der Waals surface area (Å²) < 4.78 is 1.77. The first-order valence-corrected chi connectivity index (χ1v) is 4.25. The number of aliphatic hydroxyl groups is 1. The smallest absolute Gasteiger partial charge is 0.0945 e. The van der Waals surface area contributed by atoms with Gasteiger partial charge in [-0.05, 0) is 20.3 Å². The highest BCUT2D eigenvalue weighted by molar-refractivity contribution is 4.98. The van der Waals surface area contributed by atoms with Crippen molar-refractivity contribution in [3.63, 3.8) is 0 Å². The van der Waals surface area contributed by atoms with Crippen LogP contribution >= 0.6 is 0 Å². The van der Waals surface area contributed by atoms with Gasteiger partial charge >= 0.3 is 0 Å². The minimum atomic E-state index is -0.492. The average Bonchev–Trinajstić information content (AvgIpc) is 2.50. The summed E-state index contributed by atoms with van der Waals surface area (Å²) in [7, 11) is 0. The fraction of sp³-hybridized carbons (Fsp3) is 0.750. The number of nitrogens with zero attached hydrogens (tertiary/aromatic N) is 3. The third-order valence-corrected chi connectivity index (χ3v) is 2.04. The molecule has 68 valence electrons. The first-order valence-electron chi connectivity index (χ1n) is 4.25. The zero-order valence-electron chi connectivity index (χ0n) is 7.73. The van der Waals surface area contributed by atoms with E-state index < -0.39 is 6.10 Å². The fourth-order valence-corrected chi connectivity index (χ4v) is 1.07. The van der Waals surface area contributed by atoms with Crippen LogP contribution in [0.25, 0.3) is 0 Å². The third-order valence-electron chi connectivity index (χ3n) is 2.04. The minimum absolute atomic E-state index is 0.303. The molecule has 4 heteroatoms. The van der Waals surface area contributed by atoms with Crippen LogP contribution in [0.1, 0.15) is 45.0 Å². The van der Waals surface area contributed by atoms with Crippen LogP contribution in [0.3, 0.4) is 0 Å². The van der Waals surface area contributed by atoms with Crippen LogP contribution in [0.4, 0.5) is 0 Å². The van der Waals surface area contributed by atoms with E-state index in [1.807, 2.05) is 0 Å². The molecule has 0 spiro atoms. The maximum absolute atomic E-state index is 9.34. The second-order valence-corrected chi connectivity index (χ2v) is 3.04.